The van der Waals surface area contributed by atoms with Gasteiger partial charge in [-0.1, -0.05) is 11.6 Å². The van der Waals surface area contributed by atoms with Crippen LogP contribution >= 0.6 is 0 Å². The van der Waals surface area contributed by atoms with E-state index >= 15 is 0 Å². The number of ether oxygens (including phenoxy) is 1. The SMILES string of the molecule is COc1ccc(C)cc1C(O)CNCc1ccn(C)n1. The van der Waals surface area contributed by atoms with Gasteiger partial charge in [0.15, 0.2) is 0 Å². The number of hydrogen-bond donors (Lipinski definition) is 2. The van der Waals surface area contributed by atoms with Crippen molar-refractivity contribution in [1.29, 1.82) is 0 Å². The van der Waals surface area contributed by atoms with Crippen LogP contribution in [0.25, 0.3) is 0 Å². The summed E-state index contributed by atoms with van der Waals surface area (Å²) in [6.07, 6.45) is 1.30. The lowest BCUT2D eigenvalue weighted by molar-refractivity contribution is 0.170. The van der Waals surface area contributed by atoms with Crippen LogP contribution in [0.5, 0.6) is 5.75 Å². The highest BCUT2D eigenvalue weighted by atomic mass is 16.5. The van der Waals surface area contributed by atoms with Gasteiger partial charge in [-0.25, -0.2) is 0 Å². The Labute approximate surface area is 119 Å². The molecule has 2 aromatic rings. The van der Waals surface area contributed by atoms with Gasteiger partial charge in [0.05, 0.1) is 18.9 Å². The van der Waals surface area contributed by atoms with Crippen LogP contribution in [0.2, 0.25) is 0 Å². The van der Waals surface area contributed by atoms with Crippen LogP contribution in [0.15, 0.2) is 30.5 Å². The molecule has 5 nitrogen and oxygen atoms in total. The predicted molar refractivity (Wildman–Crippen MR) is 77.6 cm³/mol. The van der Waals surface area contributed by atoms with Crippen LogP contribution in [0.3, 0.4) is 0 Å². The normalized spacial score (nSPS) is 12.4. The first-order chi connectivity index (χ1) is 9.60. The number of aromatic nitrogens is 2. The number of aliphatic hydroxyl groups is 1. The second kappa shape index (κ2) is 6.54. The fourth-order valence-electron chi connectivity index (χ4n) is 2.12. The lowest BCUT2D eigenvalue weighted by Crippen LogP contribution is -2.21. The number of aryl methyl sites for hydroxylation is 2. The number of hydrogen-bond acceptors (Lipinski definition) is 4. The standard InChI is InChI=1S/C15H21N3O2/c1-11-4-5-15(20-3)13(8-11)14(19)10-16-9-12-6-7-18(2)17-12/h4-8,14,16,19H,9-10H2,1-3H3. The summed E-state index contributed by atoms with van der Waals surface area (Å²) >= 11 is 0. The quantitative estimate of drug-likeness (QED) is 0.840. The Kier molecular flexibility index (Phi) is 4.76. The zero-order valence-corrected chi connectivity index (χ0v) is 12.1. The van der Waals surface area contributed by atoms with E-state index in [0.29, 0.717) is 18.8 Å². The second-order valence-corrected chi connectivity index (χ2v) is 4.87. The van der Waals surface area contributed by atoms with Crippen LogP contribution in [0, 0.1) is 6.92 Å². The molecular formula is C15H21N3O2. The fraction of sp³-hybridized carbons (Fsp3) is 0.400. The summed E-state index contributed by atoms with van der Waals surface area (Å²) in [5.41, 5.74) is 2.86. The Bertz CT molecular complexity index is 566. The molecule has 1 aromatic heterocycles. The average Bonchev–Trinajstić information content (AvgIpc) is 2.84. The first-order valence-electron chi connectivity index (χ1n) is 6.62. The van der Waals surface area contributed by atoms with Crippen LogP contribution in [-0.2, 0) is 13.6 Å². The minimum absolute atomic E-state index is 0.455. The van der Waals surface area contributed by atoms with Crippen molar-refractivity contribution in [3.63, 3.8) is 0 Å². The topological polar surface area (TPSA) is 59.3 Å². The average molecular weight is 275 g/mol. The van der Waals surface area contributed by atoms with E-state index in [0.717, 1.165) is 16.8 Å². The molecule has 2 rings (SSSR count). The third-order valence-electron chi connectivity index (χ3n) is 3.16. The third-order valence-corrected chi connectivity index (χ3v) is 3.16. The lowest BCUT2D eigenvalue weighted by Gasteiger charge is -2.16. The molecule has 0 radical (unpaired) electrons. The van der Waals surface area contributed by atoms with Gasteiger partial charge in [0.25, 0.3) is 0 Å². The minimum atomic E-state index is -0.603. The molecule has 1 atom stereocenters. The maximum absolute atomic E-state index is 10.3. The van der Waals surface area contributed by atoms with Crippen molar-refractivity contribution in [2.75, 3.05) is 13.7 Å². The highest BCUT2D eigenvalue weighted by molar-refractivity contribution is 5.38. The zero-order chi connectivity index (χ0) is 14.5. The summed E-state index contributed by atoms with van der Waals surface area (Å²) in [6.45, 7) is 3.08. The van der Waals surface area contributed by atoms with E-state index in [1.54, 1.807) is 11.8 Å². The summed E-state index contributed by atoms with van der Waals surface area (Å²) in [5, 5.41) is 17.8. The lowest BCUT2D eigenvalue weighted by atomic mass is 10.1. The number of benzene rings is 1. The highest BCUT2D eigenvalue weighted by Gasteiger charge is 2.13. The minimum Gasteiger partial charge on any atom is -0.496 e. The van der Waals surface area contributed by atoms with Crippen molar-refractivity contribution >= 4 is 0 Å². The number of nitrogens with zero attached hydrogens (tertiary/aromatic N) is 2. The summed E-state index contributed by atoms with van der Waals surface area (Å²) in [5.74, 6) is 0.711. The first-order valence-corrected chi connectivity index (χ1v) is 6.62. The highest BCUT2D eigenvalue weighted by Crippen LogP contribution is 2.25. The van der Waals surface area contributed by atoms with Gasteiger partial charge in [0.2, 0.25) is 0 Å². The second-order valence-electron chi connectivity index (χ2n) is 4.87. The number of methoxy groups -OCH3 is 1. The van der Waals surface area contributed by atoms with E-state index < -0.39 is 6.10 Å². The van der Waals surface area contributed by atoms with Gasteiger partial charge >= 0.3 is 0 Å². The van der Waals surface area contributed by atoms with Crippen molar-refractivity contribution in [3.8, 4) is 5.75 Å². The molecule has 1 aromatic carbocycles. The molecule has 0 aliphatic carbocycles. The van der Waals surface area contributed by atoms with Gasteiger partial charge < -0.3 is 15.2 Å². The molecule has 5 heteroatoms. The van der Waals surface area contributed by atoms with Crippen LogP contribution in [-0.4, -0.2) is 28.5 Å². The van der Waals surface area contributed by atoms with Gasteiger partial charge in [0, 0.05) is 31.9 Å². The third kappa shape index (κ3) is 3.59. The van der Waals surface area contributed by atoms with Gasteiger partial charge in [-0.05, 0) is 25.1 Å². The number of rotatable bonds is 6. The van der Waals surface area contributed by atoms with Gasteiger partial charge in [0.1, 0.15) is 5.75 Å². The van der Waals surface area contributed by atoms with Gasteiger partial charge in [-0.15, -0.1) is 0 Å². The summed E-state index contributed by atoms with van der Waals surface area (Å²) in [6, 6.07) is 7.75. The summed E-state index contributed by atoms with van der Waals surface area (Å²) in [7, 11) is 3.50. The largest absolute Gasteiger partial charge is 0.496 e. The van der Waals surface area contributed by atoms with E-state index in [9.17, 15) is 5.11 Å². The van der Waals surface area contributed by atoms with Crippen molar-refractivity contribution < 1.29 is 9.84 Å². The smallest absolute Gasteiger partial charge is 0.124 e. The maximum atomic E-state index is 10.3. The number of aliphatic hydroxyl groups excluding tert-OH is 1. The van der Waals surface area contributed by atoms with Crippen LogP contribution in [0.4, 0.5) is 0 Å². The molecule has 1 unspecified atom stereocenters. The van der Waals surface area contributed by atoms with Crippen molar-refractivity contribution in [1.82, 2.24) is 15.1 Å². The Morgan fingerprint density at radius 1 is 1.40 bits per heavy atom. The van der Waals surface area contributed by atoms with Crippen LogP contribution < -0.4 is 10.1 Å². The molecule has 0 fully saturated rings. The molecule has 0 saturated heterocycles. The Morgan fingerprint density at radius 2 is 2.20 bits per heavy atom. The first kappa shape index (κ1) is 14.6. The van der Waals surface area contributed by atoms with E-state index in [-0.39, 0.29) is 0 Å². The van der Waals surface area contributed by atoms with Gasteiger partial charge in [-0.3, -0.25) is 4.68 Å². The molecule has 2 N–H and O–H groups in total. The number of nitrogens with one attached hydrogen (secondary N) is 1. The van der Waals surface area contributed by atoms with E-state index in [1.807, 2.05) is 44.4 Å². The Balaban J connectivity index is 1.94. The van der Waals surface area contributed by atoms with E-state index in [2.05, 4.69) is 10.4 Å². The zero-order valence-electron chi connectivity index (χ0n) is 12.1. The molecule has 1 heterocycles. The summed E-state index contributed by atoms with van der Waals surface area (Å²) < 4.78 is 7.05. The van der Waals surface area contributed by atoms with Crippen molar-refractivity contribution in [3.05, 3.63) is 47.3 Å². The molecule has 0 amide bonds. The molecule has 0 saturated carbocycles. The van der Waals surface area contributed by atoms with E-state index in [1.165, 1.54) is 0 Å². The molecule has 20 heavy (non-hydrogen) atoms. The molecule has 0 aliphatic rings. The monoisotopic (exact) mass is 275 g/mol. The molecule has 108 valence electrons. The van der Waals surface area contributed by atoms with E-state index in [4.69, 9.17) is 4.74 Å². The van der Waals surface area contributed by atoms with Crippen molar-refractivity contribution in [2.24, 2.45) is 7.05 Å². The Hall–Kier alpha value is -1.85. The van der Waals surface area contributed by atoms with Crippen molar-refractivity contribution in [2.45, 2.75) is 19.6 Å². The maximum Gasteiger partial charge on any atom is 0.124 e. The van der Waals surface area contributed by atoms with Gasteiger partial charge in [-0.2, -0.15) is 5.10 Å². The molecule has 0 spiro atoms. The fourth-order valence-corrected chi connectivity index (χ4v) is 2.12. The Morgan fingerprint density at radius 3 is 2.85 bits per heavy atom. The molecular weight excluding hydrogens is 254 g/mol. The summed E-state index contributed by atoms with van der Waals surface area (Å²) in [4.78, 5) is 0. The predicted octanol–water partition coefficient (Wildman–Crippen LogP) is 1.56. The van der Waals surface area contributed by atoms with Crippen LogP contribution in [0.1, 0.15) is 22.9 Å². The molecule has 0 bridgehead atoms. The molecule has 0 aliphatic heterocycles.